The van der Waals surface area contributed by atoms with Crippen molar-refractivity contribution in [2.45, 2.75) is 20.5 Å². The van der Waals surface area contributed by atoms with Crippen LogP contribution in [0.25, 0.3) is 0 Å². The summed E-state index contributed by atoms with van der Waals surface area (Å²) in [7, 11) is 0. The van der Waals surface area contributed by atoms with Gasteiger partial charge < -0.3 is 10.5 Å². The molecule has 5 heteroatoms. The monoisotopic (exact) mass is 254 g/mol. The lowest BCUT2D eigenvalue weighted by Crippen LogP contribution is -2.03. The van der Waals surface area contributed by atoms with Crippen LogP contribution in [0.1, 0.15) is 22.4 Å². The molecule has 0 aliphatic carbocycles. The van der Waals surface area contributed by atoms with Crippen molar-refractivity contribution in [3.05, 3.63) is 46.9 Å². The molecule has 0 aliphatic rings. The molecule has 2 N–H and O–H groups in total. The summed E-state index contributed by atoms with van der Waals surface area (Å²) in [5, 5.41) is 8.89. The fraction of sp³-hybridized carbons (Fsp3) is 0.214. The van der Waals surface area contributed by atoms with Crippen molar-refractivity contribution in [2.75, 3.05) is 5.73 Å². The minimum atomic E-state index is 0.320. The maximum Gasteiger partial charge on any atom is 0.141 e. The van der Waals surface area contributed by atoms with Gasteiger partial charge in [0.15, 0.2) is 0 Å². The number of nitriles is 1. The van der Waals surface area contributed by atoms with E-state index in [4.69, 9.17) is 15.7 Å². The number of benzene rings is 1. The van der Waals surface area contributed by atoms with Crippen molar-refractivity contribution in [2.24, 2.45) is 0 Å². The van der Waals surface area contributed by atoms with Crippen LogP contribution in [0.3, 0.4) is 0 Å². The number of anilines is 1. The molecule has 1 aromatic heterocycles. The summed E-state index contributed by atoms with van der Waals surface area (Å²) in [5.41, 5.74) is 8.67. The minimum absolute atomic E-state index is 0.320. The molecule has 0 unspecified atom stereocenters. The third kappa shape index (κ3) is 2.99. The van der Waals surface area contributed by atoms with Crippen molar-refractivity contribution in [1.29, 1.82) is 5.26 Å². The molecule has 19 heavy (non-hydrogen) atoms. The SMILES string of the molecule is Cc1cc(C#N)cc(C)c1OCc1cnc(N)cn1. The van der Waals surface area contributed by atoms with Gasteiger partial charge in [-0.05, 0) is 37.1 Å². The molecule has 1 heterocycles. The Morgan fingerprint density at radius 1 is 1.21 bits per heavy atom. The summed E-state index contributed by atoms with van der Waals surface area (Å²) in [5.74, 6) is 1.16. The number of hydrogen-bond acceptors (Lipinski definition) is 5. The van der Waals surface area contributed by atoms with E-state index in [-0.39, 0.29) is 0 Å². The molecule has 2 aromatic rings. The van der Waals surface area contributed by atoms with Crippen LogP contribution in [0.15, 0.2) is 24.5 Å². The first-order valence-corrected chi connectivity index (χ1v) is 5.80. The van der Waals surface area contributed by atoms with E-state index in [0.717, 1.165) is 16.9 Å². The molecule has 2 rings (SSSR count). The maximum atomic E-state index is 8.89. The van der Waals surface area contributed by atoms with E-state index in [1.165, 1.54) is 6.20 Å². The second-order valence-electron chi connectivity index (χ2n) is 4.27. The number of hydrogen-bond donors (Lipinski definition) is 1. The van der Waals surface area contributed by atoms with Gasteiger partial charge in [-0.15, -0.1) is 0 Å². The Kier molecular flexibility index (Phi) is 3.62. The van der Waals surface area contributed by atoms with Crippen molar-refractivity contribution in [3.8, 4) is 11.8 Å². The Bertz CT molecular complexity index is 606. The molecule has 0 aliphatic heterocycles. The highest BCUT2D eigenvalue weighted by atomic mass is 16.5. The molecule has 0 saturated carbocycles. The highest BCUT2D eigenvalue weighted by Crippen LogP contribution is 2.25. The van der Waals surface area contributed by atoms with E-state index in [0.29, 0.717) is 23.7 Å². The average Bonchev–Trinajstić information content (AvgIpc) is 2.39. The Morgan fingerprint density at radius 3 is 2.42 bits per heavy atom. The van der Waals surface area contributed by atoms with E-state index >= 15 is 0 Å². The molecule has 0 amide bonds. The first kappa shape index (κ1) is 12.8. The van der Waals surface area contributed by atoms with Crippen LogP contribution >= 0.6 is 0 Å². The van der Waals surface area contributed by atoms with Gasteiger partial charge in [0, 0.05) is 0 Å². The zero-order chi connectivity index (χ0) is 13.8. The summed E-state index contributed by atoms with van der Waals surface area (Å²) < 4.78 is 5.74. The first-order valence-electron chi connectivity index (χ1n) is 5.80. The van der Waals surface area contributed by atoms with Crippen LogP contribution in [0.5, 0.6) is 5.75 Å². The summed E-state index contributed by atoms with van der Waals surface area (Å²) in [6.45, 7) is 4.15. The molecule has 0 radical (unpaired) electrons. The topological polar surface area (TPSA) is 84.8 Å². The van der Waals surface area contributed by atoms with Crippen LogP contribution in [0, 0.1) is 25.2 Å². The van der Waals surface area contributed by atoms with Gasteiger partial charge in [0.1, 0.15) is 18.2 Å². The molecule has 96 valence electrons. The van der Waals surface area contributed by atoms with Gasteiger partial charge >= 0.3 is 0 Å². The third-order valence-electron chi connectivity index (χ3n) is 2.68. The van der Waals surface area contributed by atoms with Gasteiger partial charge in [-0.3, -0.25) is 4.98 Å². The van der Waals surface area contributed by atoms with Gasteiger partial charge in [-0.1, -0.05) is 0 Å². The van der Waals surface area contributed by atoms with Gasteiger partial charge in [0.2, 0.25) is 0 Å². The van der Waals surface area contributed by atoms with E-state index in [1.807, 2.05) is 13.8 Å². The van der Waals surface area contributed by atoms with Crippen molar-refractivity contribution >= 4 is 5.82 Å². The van der Waals surface area contributed by atoms with Gasteiger partial charge in [0.05, 0.1) is 29.7 Å². The second kappa shape index (κ2) is 5.36. The van der Waals surface area contributed by atoms with Crippen LogP contribution in [-0.2, 0) is 6.61 Å². The number of nitrogens with two attached hydrogens (primary N) is 1. The third-order valence-corrected chi connectivity index (χ3v) is 2.68. The second-order valence-corrected chi connectivity index (χ2v) is 4.27. The zero-order valence-corrected chi connectivity index (χ0v) is 10.8. The predicted octanol–water partition coefficient (Wildman–Crippen LogP) is 2.13. The average molecular weight is 254 g/mol. The van der Waals surface area contributed by atoms with Crippen LogP contribution in [-0.4, -0.2) is 9.97 Å². The summed E-state index contributed by atoms with van der Waals surface area (Å²) >= 11 is 0. The molecule has 0 saturated heterocycles. The number of aromatic nitrogens is 2. The Morgan fingerprint density at radius 2 is 1.89 bits per heavy atom. The highest BCUT2D eigenvalue weighted by Gasteiger charge is 2.07. The van der Waals surface area contributed by atoms with Crippen LogP contribution in [0.4, 0.5) is 5.82 Å². The number of nitrogen functional groups attached to an aromatic ring is 1. The number of rotatable bonds is 3. The smallest absolute Gasteiger partial charge is 0.141 e. The predicted molar refractivity (Wildman–Crippen MR) is 71.4 cm³/mol. The lowest BCUT2D eigenvalue weighted by Gasteiger charge is -2.12. The molecular weight excluding hydrogens is 240 g/mol. The lowest BCUT2D eigenvalue weighted by molar-refractivity contribution is 0.296. The zero-order valence-electron chi connectivity index (χ0n) is 10.8. The van der Waals surface area contributed by atoms with Crippen molar-refractivity contribution < 1.29 is 4.74 Å². The molecular formula is C14H14N4O. The number of aryl methyl sites for hydroxylation is 2. The molecule has 0 bridgehead atoms. The van der Waals surface area contributed by atoms with Gasteiger partial charge in [-0.2, -0.15) is 5.26 Å². The van der Waals surface area contributed by atoms with E-state index < -0.39 is 0 Å². The molecule has 0 atom stereocenters. The fourth-order valence-electron chi connectivity index (χ4n) is 1.83. The van der Waals surface area contributed by atoms with E-state index in [2.05, 4.69) is 16.0 Å². The molecule has 1 aromatic carbocycles. The Labute approximate surface area is 111 Å². The molecule has 0 spiro atoms. The minimum Gasteiger partial charge on any atom is -0.487 e. The van der Waals surface area contributed by atoms with Crippen molar-refractivity contribution in [1.82, 2.24) is 9.97 Å². The lowest BCUT2D eigenvalue weighted by atomic mass is 10.1. The number of ether oxygens (including phenoxy) is 1. The standard InChI is InChI=1S/C14H14N4O/c1-9-3-11(5-15)4-10(2)14(9)19-8-12-6-18-13(16)7-17-12/h3-4,6-7H,8H2,1-2H3,(H2,16,18). The quantitative estimate of drug-likeness (QED) is 0.906. The Balaban J connectivity index is 2.16. The number of nitrogens with zero attached hydrogens (tertiary/aromatic N) is 3. The maximum absolute atomic E-state index is 8.89. The van der Waals surface area contributed by atoms with E-state index in [9.17, 15) is 0 Å². The first-order chi connectivity index (χ1) is 9.10. The van der Waals surface area contributed by atoms with Gasteiger partial charge in [0.25, 0.3) is 0 Å². The van der Waals surface area contributed by atoms with Crippen molar-refractivity contribution in [3.63, 3.8) is 0 Å². The summed E-state index contributed by atoms with van der Waals surface area (Å²) in [6, 6.07) is 5.73. The summed E-state index contributed by atoms with van der Waals surface area (Å²) in [6.07, 6.45) is 3.08. The largest absolute Gasteiger partial charge is 0.487 e. The molecule has 0 fully saturated rings. The highest BCUT2D eigenvalue weighted by molar-refractivity contribution is 5.47. The normalized spacial score (nSPS) is 9.95. The fourth-order valence-corrected chi connectivity index (χ4v) is 1.83. The summed E-state index contributed by atoms with van der Waals surface area (Å²) in [4.78, 5) is 8.08. The molecule has 5 nitrogen and oxygen atoms in total. The van der Waals surface area contributed by atoms with Crippen LogP contribution in [0.2, 0.25) is 0 Å². The van der Waals surface area contributed by atoms with Crippen LogP contribution < -0.4 is 10.5 Å². The Hall–Kier alpha value is -2.61. The van der Waals surface area contributed by atoms with E-state index in [1.54, 1.807) is 18.3 Å². The van der Waals surface area contributed by atoms with Gasteiger partial charge in [-0.25, -0.2) is 4.98 Å².